The molecule has 0 saturated heterocycles. The molecular formula is C15H33N3O2. The maximum atomic E-state index is 11.7. The molecule has 120 valence electrons. The fraction of sp³-hybridized carbons (Fsp3) is 0.933. The molecular weight excluding hydrogens is 254 g/mol. The summed E-state index contributed by atoms with van der Waals surface area (Å²) in [5, 5.41) is 3.28. The maximum absolute atomic E-state index is 11.7. The van der Waals surface area contributed by atoms with E-state index in [1.54, 1.807) is 7.11 Å². The number of amides is 1. The van der Waals surface area contributed by atoms with Gasteiger partial charge in [-0.15, -0.1) is 0 Å². The lowest BCUT2D eigenvalue weighted by molar-refractivity contribution is -0.124. The largest absolute Gasteiger partial charge is 0.383 e. The molecule has 5 heteroatoms. The van der Waals surface area contributed by atoms with Gasteiger partial charge in [0.25, 0.3) is 0 Å². The average molecular weight is 287 g/mol. The Kier molecular flexibility index (Phi) is 9.80. The van der Waals surface area contributed by atoms with E-state index in [1.165, 1.54) is 0 Å². The highest BCUT2D eigenvalue weighted by Crippen LogP contribution is 2.11. The molecule has 0 aliphatic carbocycles. The van der Waals surface area contributed by atoms with Crippen molar-refractivity contribution in [1.29, 1.82) is 0 Å². The van der Waals surface area contributed by atoms with Crippen molar-refractivity contribution in [1.82, 2.24) is 10.2 Å². The maximum Gasteiger partial charge on any atom is 0.237 e. The molecule has 0 fully saturated rings. The molecule has 0 radical (unpaired) electrons. The Labute approximate surface area is 124 Å². The minimum Gasteiger partial charge on any atom is -0.383 e. The van der Waals surface area contributed by atoms with Gasteiger partial charge >= 0.3 is 0 Å². The first-order valence-electron chi connectivity index (χ1n) is 7.62. The van der Waals surface area contributed by atoms with Gasteiger partial charge in [-0.25, -0.2) is 0 Å². The number of primary amides is 1. The van der Waals surface area contributed by atoms with Crippen molar-refractivity contribution in [2.45, 2.75) is 46.1 Å². The van der Waals surface area contributed by atoms with E-state index in [9.17, 15) is 4.79 Å². The summed E-state index contributed by atoms with van der Waals surface area (Å²) in [6.07, 6.45) is 1.71. The molecule has 20 heavy (non-hydrogen) atoms. The Bertz CT molecular complexity index is 272. The smallest absolute Gasteiger partial charge is 0.237 e. The topological polar surface area (TPSA) is 67.6 Å². The Morgan fingerprint density at radius 3 is 2.50 bits per heavy atom. The number of rotatable bonds is 12. The molecule has 0 heterocycles. The second-order valence-electron chi connectivity index (χ2n) is 6.06. The van der Waals surface area contributed by atoms with Crippen LogP contribution in [0.25, 0.3) is 0 Å². The van der Waals surface area contributed by atoms with Gasteiger partial charge in [-0.2, -0.15) is 0 Å². The Hall–Kier alpha value is -0.650. The van der Waals surface area contributed by atoms with Crippen LogP contribution in [0.4, 0.5) is 0 Å². The molecule has 0 aromatic carbocycles. The zero-order valence-electron chi connectivity index (χ0n) is 13.9. The lowest BCUT2D eigenvalue weighted by Crippen LogP contribution is -2.55. The van der Waals surface area contributed by atoms with Gasteiger partial charge in [0.15, 0.2) is 0 Å². The van der Waals surface area contributed by atoms with Crippen LogP contribution in [0.1, 0.15) is 40.5 Å². The molecule has 1 amide bonds. The Morgan fingerprint density at radius 1 is 1.40 bits per heavy atom. The van der Waals surface area contributed by atoms with E-state index in [2.05, 4.69) is 31.0 Å². The molecule has 1 unspecified atom stereocenters. The summed E-state index contributed by atoms with van der Waals surface area (Å²) in [5.74, 6) is 0.317. The van der Waals surface area contributed by atoms with Crippen LogP contribution in [-0.4, -0.2) is 56.2 Å². The lowest BCUT2D eigenvalue weighted by atomic mass is 9.96. The summed E-state index contributed by atoms with van der Waals surface area (Å²) in [4.78, 5) is 14.0. The van der Waals surface area contributed by atoms with E-state index >= 15 is 0 Å². The summed E-state index contributed by atoms with van der Waals surface area (Å²) in [7, 11) is 1.71. The predicted molar refractivity (Wildman–Crippen MR) is 83.7 cm³/mol. The molecule has 0 spiro atoms. The average Bonchev–Trinajstić information content (AvgIpc) is 2.38. The monoisotopic (exact) mass is 287 g/mol. The van der Waals surface area contributed by atoms with E-state index in [0.717, 1.165) is 39.0 Å². The highest BCUT2D eigenvalue weighted by Gasteiger charge is 2.30. The minimum absolute atomic E-state index is 0.276. The van der Waals surface area contributed by atoms with Gasteiger partial charge in [-0.05, 0) is 32.2 Å². The molecule has 0 aromatic heterocycles. The van der Waals surface area contributed by atoms with E-state index in [0.29, 0.717) is 12.5 Å². The molecule has 0 aromatic rings. The first-order valence-corrected chi connectivity index (χ1v) is 7.62. The summed E-state index contributed by atoms with van der Waals surface area (Å²) in [5.41, 5.74) is 4.93. The van der Waals surface area contributed by atoms with Crippen LogP contribution >= 0.6 is 0 Å². The van der Waals surface area contributed by atoms with Gasteiger partial charge in [0.2, 0.25) is 5.91 Å². The van der Waals surface area contributed by atoms with E-state index in [-0.39, 0.29) is 5.91 Å². The summed E-state index contributed by atoms with van der Waals surface area (Å²) < 4.78 is 5.15. The van der Waals surface area contributed by atoms with Crippen LogP contribution in [-0.2, 0) is 9.53 Å². The first kappa shape index (κ1) is 19.4. The van der Waals surface area contributed by atoms with Crippen molar-refractivity contribution in [3.05, 3.63) is 0 Å². The SMILES string of the molecule is CCCNC(C)(CCN(CCOC)CC(C)C)C(N)=O. The molecule has 0 aliphatic heterocycles. The quantitative estimate of drug-likeness (QED) is 0.566. The van der Waals surface area contributed by atoms with Gasteiger partial charge in [-0.3, -0.25) is 4.79 Å². The number of ether oxygens (including phenoxy) is 1. The second kappa shape index (κ2) is 10.1. The normalized spacial score (nSPS) is 14.8. The van der Waals surface area contributed by atoms with Crippen LogP contribution < -0.4 is 11.1 Å². The lowest BCUT2D eigenvalue weighted by Gasteiger charge is -2.31. The third kappa shape index (κ3) is 7.82. The van der Waals surface area contributed by atoms with Crippen LogP contribution in [0, 0.1) is 5.92 Å². The fourth-order valence-electron chi connectivity index (χ4n) is 2.11. The molecule has 1 atom stereocenters. The van der Waals surface area contributed by atoms with Crippen molar-refractivity contribution < 1.29 is 9.53 Å². The predicted octanol–water partition coefficient (Wildman–Crippen LogP) is 1.22. The minimum atomic E-state index is -0.627. The van der Waals surface area contributed by atoms with Gasteiger partial charge in [0.1, 0.15) is 0 Å². The van der Waals surface area contributed by atoms with Gasteiger partial charge in [0, 0.05) is 26.7 Å². The van der Waals surface area contributed by atoms with Gasteiger partial charge < -0.3 is 20.7 Å². The van der Waals surface area contributed by atoms with E-state index in [1.807, 2.05) is 6.92 Å². The second-order valence-corrected chi connectivity index (χ2v) is 6.06. The molecule has 0 saturated carbocycles. The van der Waals surface area contributed by atoms with Crippen molar-refractivity contribution >= 4 is 5.91 Å². The third-order valence-corrected chi connectivity index (χ3v) is 3.47. The zero-order chi connectivity index (χ0) is 15.6. The third-order valence-electron chi connectivity index (χ3n) is 3.47. The Morgan fingerprint density at radius 2 is 2.05 bits per heavy atom. The number of methoxy groups -OCH3 is 1. The van der Waals surface area contributed by atoms with Crippen molar-refractivity contribution in [3.8, 4) is 0 Å². The summed E-state index contributed by atoms with van der Waals surface area (Å²) in [6, 6.07) is 0. The Balaban J connectivity index is 4.47. The molecule has 0 aliphatic rings. The van der Waals surface area contributed by atoms with E-state index < -0.39 is 5.54 Å². The number of nitrogens with zero attached hydrogens (tertiary/aromatic N) is 1. The summed E-state index contributed by atoms with van der Waals surface area (Å²) >= 11 is 0. The number of hydrogen-bond acceptors (Lipinski definition) is 4. The van der Waals surface area contributed by atoms with Crippen LogP contribution in [0.15, 0.2) is 0 Å². The van der Waals surface area contributed by atoms with Crippen LogP contribution in [0.5, 0.6) is 0 Å². The van der Waals surface area contributed by atoms with Gasteiger partial charge in [0.05, 0.1) is 12.1 Å². The summed E-state index contributed by atoms with van der Waals surface area (Å²) in [6.45, 7) is 12.6. The number of carbonyl (C=O) groups is 1. The number of hydrogen-bond donors (Lipinski definition) is 2. The zero-order valence-corrected chi connectivity index (χ0v) is 13.9. The standard InChI is InChI=1S/C15H33N3O2/c1-6-8-17-15(4,14(16)19)7-9-18(10-11-20-5)12-13(2)3/h13,17H,6-12H2,1-5H3,(H2,16,19). The van der Waals surface area contributed by atoms with Crippen molar-refractivity contribution in [2.24, 2.45) is 11.7 Å². The van der Waals surface area contributed by atoms with Crippen LogP contribution in [0.2, 0.25) is 0 Å². The molecule has 0 rings (SSSR count). The van der Waals surface area contributed by atoms with Crippen LogP contribution in [0.3, 0.4) is 0 Å². The van der Waals surface area contributed by atoms with Crippen molar-refractivity contribution in [2.75, 3.05) is 39.9 Å². The highest BCUT2D eigenvalue weighted by molar-refractivity contribution is 5.84. The number of nitrogens with one attached hydrogen (secondary N) is 1. The molecule has 5 nitrogen and oxygen atoms in total. The molecule has 0 bridgehead atoms. The first-order chi connectivity index (χ1) is 9.35. The van der Waals surface area contributed by atoms with Gasteiger partial charge in [-0.1, -0.05) is 20.8 Å². The number of nitrogens with two attached hydrogens (primary N) is 1. The number of carbonyl (C=O) groups excluding carboxylic acids is 1. The fourth-order valence-corrected chi connectivity index (χ4v) is 2.11. The highest BCUT2D eigenvalue weighted by atomic mass is 16.5. The van der Waals surface area contributed by atoms with Crippen molar-refractivity contribution in [3.63, 3.8) is 0 Å². The van der Waals surface area contributed by atoms with E-state index in [4.69, 9.17) is 10.5 Å². The molecule has 3 N–H and O–H groups in total.